The third-order valence-electron chi connectivity index (χ3n) is 2.50. The van der Waals surface area contributed by atoms with E-state index in [1.54, 1.807) is 0 Å². The van der Waals surface area contributed by atoms with Gasteiger partial charge in [-0.2, -0.15) is 0 Å². The molecule has 1 aliphatic heterocycles. The Balaban J connectivity index is 1.96. The molecule has 1 aliphatic rings. The van der Waals surface area contributed by atoms with Crippen molar-refractivity contribution in [3.63, 3.8) is 0 Å². The summed E-state index contributed by atoms with van der Waals surface area (Å²) < 4.78 is 5.44. The normalized spacial score (nSPS) is 21.5. The molecule has 0 spiro atoms. The molecule has 1 unspecified atom stereocenters. The highest BCUT2D eigenvalue weighted by molar-refractivity contribution is 8.00. The first-order valence-electron chi connectivity index (χ1n) is 5.32. The molecule has 0 amide bonds. The summed E-state index contributed by atoms with van der Waals surface area (Å²) in [6.07, 6.45) is 2.39. The predicted molar refractivity (Wildman–Crippen MR) is 62.1 cm³/mol. The van der Waals surface area contributed by atoms with Crippen molar-refractivity contribution in [2.24, 2.45) is 0 Å². The molecule has 0 aliphatic carbocycles. The zero-order valence-corrected chi connectivity index (χ0v) is 9.50. The summed E-state index contributed by atoms with van der Waals surface area (Å²) in [5.74, 6) is 0. The molecule has 1 saturated heterocycles. The maximum atomic E-state index is 9.03. The minimum atomic E-state index is 0.121. The highest BCUT2D eigenvalue weighted by Gasteiger charge is 2.14. The van der Waals surface area contributed by atoms with Crippen LogP contribution in [0.5, 0.6) is 0 Å². The summed E-state index contributed by atoms with van der Waals surface area (Å²) in [5, 5.41) is 9.61. The van der Waals surface area contributed by atoms with Crippen LogP contribution >= 0.6 is 11.8 Å². The van der Waals surface area contributed by atoms with Gasteiger partial charge in [-0.1, -0.05) is 12.1 Å². The minimum absolute atomic E-state index is 0.121. The van der Waals surface area contributed by atoms with Gasteiger partial charge < -0.3 is 9.84 Å². The second kappa shape index (κ2) is 5.54. The summed E-state index contributed by atoms with van der Waals surface area (Å²) in [4.78, 5) is 1.23. The lowest BCUT2D eigenvalue weighted by Gasteiger charge is -2.21. The Morgan fingerprint density at radius 1 is 1.47 bits per heavy atom. The molecule has 0 saturated carbocycles. The molecule has 0 aromatic heterocycles. The third kappa shape index (κ3) is 3.23. The van der Waals surface area contributed by atoms with Crippen molar-refractivity contribution < 1.29 is 9.84 Å². The average molecular weight is 224 g/mol. The molecule has 2 rings (SSSR count). The van der Waals surface area contributed by atoms with E-state index in [4.69, 9.17) is 9.84 Å². The fraction of sp³-hybridized carbons (Fsp3) is 0.500. The first-order chi connectivity index (χ1) is 7.38. The Hall–Kier alpha value is -0.510. The van der Waals surface area contributed by atoms with Gasteiger partial charge in [0.1, 0.15) is 0 Å². The van der Waals surface area contributed by atoms with Crippen LogP contribution in [0, 0.1) is 0 Å². The van der Waals surface area contributed by atoms with Gasteiger partial charge in [-0.3, -0.25) is 0 Å². The summed E-state index contributed by atoms with van der Waals surface area (Å²) in [6.45, 7) is 1.89. The number of aliphatic hydroxyl groups is 1. The van der Waals surface area contributed by atoms with Crippen molar-refractivity contribution in [2.45, 2.75) is 29.6 Å². The highest BCUT2D eigenvalue weighted by atomic mass is 32.2. The van der Waals surface area contributed by atoms with Crippen LogP contribution in [0.4, 0.5) is 0 Å². The van der Waals surface area contributed by atoms with Crippen LogP contribution in [0.3, 0.4) is 0 Å². The monoisotopic (exact) mass is 224 g/mol. The molecular weight excluding hydrogens is 208 g/mol. The van der Waals surface area contributed by atoms with Crippen molar-refractivity contribution in [1.82, 2.24) is 0 Å². The lowest BCUT2D eigenvalue weighted by Crippen LogP contribution is -2.19. The number of ether oxygens (including phenoxy) is 1. The van der Waals surface area contributed by atoms with Gasteiger partial charge in [0.15, 0.2) is 0 Å². The first-order valence-corrected chi connectivity index (χ1v) is 6.20. The second-order valence-corrected chi connectivity index (χ2v) is 5.14. The number of benzene rings is 1. The van der Waals surface area contributed by atoms with Gasteiger partial charge in [-0.05, 0) is 30.5 Å². The van der Waals surface area contributed by atoms with E-state index in [9.17, 15) is 0 Å². The summed E-state index contributed by atoms with van der Waals surface area (Å²) in [5.41, 5.74) is 0.983. The maximum Gasteiger partial charge on any atom is 0.0682 e. The topological polar surface area (TPSA) is 29.5 Å². The van der Waals surface area contributed by atoms with Gasteiger partial charge >= 0.3 is 0 Å². The fourth-order valence-corrected chi connectivity index (χ4v) is 2.92. The van der Waals surface area contributed by atoms with E-state index in [2.05, 4.69) is 12.1 Å². The molecule has 82 valence electrons. The first kappa shape index (κ1) is 11.0. The Kier molecular flexibility index (Phi) is 4.06. The number of thioether (sulfide) groups is 1. The molecule has 1 aromatic rings. The van der Waals surface area contributed by atoms with Crippen molar-refractivity contribution in [1.29, 1.82) is 0 Å². The Bertz CT molecular complexity index is 308. The third-order valence-corrected chi connectivity index (χ3v) is 3.73. The van der Waals surface area contributed by atoms with E-state index in [0.717, 1.165) is 25.2 Å². The zero-order chi connectivity index (χ0) is 10.5. The lowest BCUT2D eigenvalue weighted by molar-refractivity contribution is 0.101. The molecule has 1 aromatic carbocycles. The molecule has 15 heavy (non-hydrogen) atoms. The largest absolute Gasteiger partial charge is 0.392 e. The molecule has 2 nitrogen and oxygen atoms in total. The fourth-order valence-electron chi connectivity index (χ4n) is 1.71. The zero-order valence-electron chi connectivity index (χ0n) is 8.69. The Labute approximate surface area is 94.6 Å². The van der Waals surface area contributed by atoms with Crippen molar-refractivity contribution in [3.8, 4) is 0 Å². The van der Waals surface area contributed by atoms with Crippen LogP contribution in [0.1, 0.15) is 18.4 Å². The number of aliphatic hydroxyl groups excluding tert-OH is 1. The van der Waals surface area contributed by atoms with E-state index in [1.807, 2.05) is 23.9 Å². The SMILES string of the molecule is OCc1cccc(SC2CCCOC2)c1. The molecule has 1 heterocycles. The molecule has 0 bridgehead atoms. The van der Waals surface area contributed by atoms with Crippen LogP contribution in [0.2, 0.25) is 0 Å². The standard InChI is InChI=1S/C12H16O2S/c13-8-10-3-1-4-11(7-10)15-12-5-2-6-14-9-12/h1,3-4,7,12-13H,2,5-6,8-9H2. The Morgan fingerprint density at radius 2 is 2.40 bits per heavy atom. The molecule has 1 fully saturated rings. The van der Waals surface area contributed by atoms with Gasteiger partial charge in [-0.25, -0.2) is 0 Å². The average Bonchev–Trinajstić information content (AvgIpc) is 2.31. The molecule has 1 atom stereocenters. The van der Waals surface area contributed by atoms with Crippen LogP contribution in [-0.4, -0.2) is 23.6 Å². The van der Waals surface area contributed by atoms with Crippen LogP contribution < -0.4 is 0 Å². The lowest BCUT2D eigenvalue weighted by atomic mass is 10.2. The van der Waals surface area contributed by atoms with E-state index in [-0.39, 0.29) is 6.61 Å². The molecule has 3 heteroatoms. The number of hydrogen-bond donors (Lipinski definition) is 1. The smallest absolute Gasteiger partial charge is 0.0682 e. The van der Waals surface area contributed by atoms with Crippen molar-refractivity contribution >= 4 is 11.8 Å². The maximum absolute atomic E-state index is 9.03. The predicted octanol–water partition coefficient (Wildman–Crippen LogP) is 2.45. The van der Waals surface area contributed by atoms with Crippen LogP contribution in [0.15, 0.2) is 29.2 Å². The van der Waals surface area contributed by atoms with Gasteiger partial charge in [0.25, 0.3) is 0 Å². The van der Waals surface area contributed by atoms with E-state index >= 15 is 0 Å². The van der Waals surface area contributed by atoms with Crippen molar-refractivity contribution in [3.05, 3.63) is 29.8 Å². The van der Waals surface area contributed by atoms with E-state index in [1.165, 1.54) is 11.3 Å². The number of rotatable bonds is 3. The van der Waals surface area contributed by atoms with Gasteiger partial charge in [-0.15, -0.1) is 11.8 Å². The quantitative estimate of drug-likeness (QED) is 0.855. The molecule has 1 N–H and O–H groups in total. The van der Waals surface area contributed by atoms with Crippen LogP contribution in [0.25, 0.3) is 0 Å². The Morgan fingerprint density at radius 3 is 3.13 bits per heavy atom. The van der Waals surface area contributed by atoms with E-state index in [0.29, 0.717) is 5.25 Å². The molecular formula is C12H16O2S. The van der Waals surface area contributed by atoms with Gasteiger partial charge in [0.2, 0.25) is 0 Å². The summed E-state index contributed by atoms with van der Waals surface area (Å²) >= 11 is 1.86. The second-order valence-electron chi connectivity index (χ2n) is 3.76. The van der Waals surface area contributed by atoms with Gasteiger partial charge in [0, 0.05) is 16.8 Å². The summed E-state index contributed by atoms with van der Waals surface area (Å²) in [7, 11) is 0. The van der Waals surface area contributed by atoms with Gasteiger partial charge in [0.05, 0.1) is 13.2 Å². The summed E-state index contributed by atoms with van der Waals surface area (Å²) in [6, 6.07) is 8.09. The van der Waals surface area contributed by atoms with E-state index < -0.39 is 0 Å². The van der Waals surface area contributed by atoms with Crippen molar-refractivity contribution in [2.75, 3.05) is 13.2 Å². The molecule has 0 radical (unpaired) electrons. The number of hydrogen-bond acceptors (Lipinski definition) is 3. The van der Waals surface area contributed by atoms with Crippen LogP contribution in [-0.2, 0) is 11.3 Å². The minimum Gasteiger partial charge on any atom is -0.392 e. The highest BCUT2D eigenvalue weighted by Crippen LogP contribution is 2.29.